The summed E-state index contributed by atoms with van der Waals surface area (Å²) in [7, 11) is 1.31. The third-order valence-corrected chi connectivity index (χ3v) is 4.91. The second kappa shape index (κ2) is 9.01. The molecular formula is C23H20F2N4O3. The zero-order valence-corrected chi connectivity index (χ0v) is 17.4. The third kappa shape index (κ3) is 3.84. The molecule has 2 heterocycles. The Morgan fingerprint density at radius 3 is 2.62 bits per heavy atom. The van der Waals surface area contributed by atoms with E-state index in [-0.39, 0.29) is 36.1 Å². The number of carbonyl (C=O) groups excluding carboxylic acids is 1. The number of imidazole rings is 1. The van der Waals surface area contributed by atoms with Gasteiger partial charge in [0.2, 0.25) is 5.95 Å². The van der Waals surface area contributed by atoms with Gasteiger partial charge in [0.1, 0.15) is 12.1 Å². The lowest BCUT2D eigenvalue weighted by molar-refractivity contribution is 0.0522. The number of nitrogens with zero attached hydrogens (tertiary/aromatic N) is 3. The number of benzene rings is 2. The number of halogens is 2. The van der Waals surface area contributed by atoms with E-state index in [1.807, 2.05) is 30.3 Å². The molecule has 164 valence electrons. The Kier molecular flexibility index (Phi) is 5.98. The first-order chi connectivity index (χ1) is 15.5. The fourth-order valence-electron chi connectivity index (χ4n) is 3.39. The van der Waals surface area contributed by atoms with E-state index in [0.29, 0.717) is 11.1 Å². The summed E-state index contributed by atoms with van der Waals surface area (Å²) in [6.45, 7) is 1.71. The molecule has 0 aliphatic carbocycles. The second-order valence-electron chi connectivity index (χ2n) is 6.79. The van der Waals surface area contributed by atoms with Crippen molar-refractivity contribution in [3.63, 3.8) is 0 Å². The van der Waals surface area contributed by atoms with Crippen LogP contribution in [0.25, 0.3) is 16.6 Å². The Morgan fingerprint density at radius 1 is 1.12 bits per heavy atom. The number of esters is 1. The summed E-state index contributed by atoms with van der Waals surface area (Å²) in [4.78, 5) is 21.1. The molecule has 0 bridgehead atoms. The highest BCUT2D eigenvalue weighted by atomic mass is 19.1. The van der Waals surface area contributed by atoms with E-state index in [1.54, 1.807) is 17.5 Å². The predicted molar refractivity (Wildman–Crippen MR) is 115 cm³/mol. The maximum Gasteiger partial charge on any atom is 0.359 e. The van der Waals surface area contributed by atoms with Crippen molar-refractivity contribution >= 4 is 17.4 Å². The van der Waals surface area contributed by atoms with Gasteiger partial charge in [-0.2, -0.15) is 0 Å². The van der Waals surface area contributed by atoms with E-state index >= 15 is 0 Å². The first-order valence-corrected chi connectivity index (χ1v) is 9.88. The Bertz CT molecular complexity index is 1280. The summed E-state index contributed by atoms with van der Waals surface area (Å²) in [6.07, 6.45) is 3.00. The van der Waals surface area contributed by atoms with Crippen LogP contribution in [0.5, 0.6) is 5.75 Å². The van der Waals surface area contributed by atoms with E-state index in [2.05, 4.69) is 15.3 Å². The van der Waals surface area contributed by atoms with E-state index in [1.165, 1.54) is 19.5 Å². The lowest BCUT2D eigenvalue weighted by atomic mass is 10.1. The molecule has 2 aromatic carbocycles. The number of aromatic nitrogens is 3. The number of ether oxygens (including phenoxy) is 2. The first-order valence-electron chi connectivity index (χ1n) is 9.88. The van der Waals surface area contributed by atoms with E-state index < -0.39 is 17.6 Å². The molecular weight excluding hydrogens is 418 g/mol. The molecule has 0 saturated carbocycles. The number of fused-ring (bicyclic) bond motifs is 1. The molecule has 0 radical (unpaired) electrons. The minimum atomic E-state index is -0.796. The van der Waals surface area contributed by atoms with Gasteiger partial charge in [-0.05, 0) is 24.6 Å². The van der Waals surface area contributed by atoms with Crippen LogP contribution in [-0.2, 0) is 11.3 Å². The van der Waals surface area contributed by atoms with Gasteiger partial charge in [0.25, 0.3) is 0 Å². The van der Waals surface area contributed by atoms with Crippen LogP contribution in [0.15, 0.2) is 55.0 Å². The summed E-state index contributed by atoms with van der Waals surface area (Å²) in [6, 6.07) is 11.7. The summed E-state index contributed by atoms with van der Waals surface area (Å²) in [5, 5.41) is 2.92. The largest absolute Gasteiger partial charge is 0.494 e. The van der Waals surface area contributed by atoms with Crippen LogP contribution in [-0.4, -0.2) is 34.1 Å². The van der Waals surface area contributed by atoms with Gasteiger partial charge in [0.15, 0.2) is 17.3 Å². The van der Waals surface area contributed by atoms with Crippen molar-refractivity contribution in [1.82, 2.24) is 14.4 Å². The molecule has 0 amide bonds. The SMILES string of the molecule is CCOC(=O)c1ncn2c(NCc3c(F)ccc(OC)c3F)ncc(-c3ccccc3)c12. The highest BCUT2D eigenvalue weighted by molar-refractivity contribution is 6.00. The number of nitrogens with one attached hydrogen (secondary N) is 1. The Labute approximate surface area is 182 Å². The normalized spacial score (nSPS) is 10.9. The first kappa shape index (κ1) is 21.2. The van der Waals surface area contributed by atoms with Crippen LogP contribution in [0.2, 0.25) is 0 Å². The van der Waals surface area contributed by atoms with Gasteiger partial charge in [-0.25, -0.2) is 23.5 Å². The van der Waals surface area contributed by atoms with Gasteiger partial charge in [-0.15, -0.1) is 0 Å². The van der Waals surface area contributed by atoms with Crippen LogP contribution in [0, 0.1) is 11.6 Å². The fraction of sp³-hybridized carbons (Fsp3) is 0.174. The number of methoxy groups -OCH3 is 1. The van der Waals surface area contributed by atoms with Crippen molar-refractivity contribution in [1.29, 1.82) is 0 Å². The topological polar surface area (TPSA) is 77.8 Å². The van der Waals surface area contributed by atoms with Crippen molar-refractivity contribution in [2.45, 2.75) is 13.5 Å². The number of rotatable bonds is 7. The molecule has 4 rings (SSSR count). The van der Waals surface area contributed by atoms with Crippen LogP contribution in [0.4, 0.5) is 14.7 Å². The molecule has 9 heteroatoms. The third-order valence-electron chi connectivity index (χ3n) is 4.91. The molecule has 0 unspecified atom stereocenters. The van der Waals surface area contributed by atoms with Crippen LogP contribution < -0.4 is 10.1 Å². The minimum absolute atomic E-state index is 0.0621. The van der Waals surface area contributed by atoms with E-state index in [9.17, 15) is 13.6 Å². The molecule has 0 fully saturated rings. The molecule has 2 aromatic heterocycles. The van der Waals surface area contributed by atoms with Crippen molar-refractivity contribution in [3.05, 3.63) is 77.9 Å². The smallest absolute Gasteiger partial charge is 0.359 e. The monoisotopic (exact) mass is 438 g/mol. The van der Waals surface area contributed by atoms with Gasteiger partial charge in [0, 0.05) is 23.9 Å². The number of hydrogen-bond donors (Lipinski definition) is 1. The zero-order valence-electron chi connectivity index (χ0n) is 17.4. The maximum atomic E-state index is 14.5. The minimum Gasteiger partial charge on any atom is -0.494 e. The van der Waals surface area contributed by atoms with Gasteiger partial charge in [0.05, 0.1) is 19.2 Å². The van der Waals surface area contributed by atoms with Crippen molar-refractivity contribution in [2.75, 3.05) is 19.0 Å². The van der Waals surface area contributed by atoms with E-state index in [0.717, 1.165) is 11.6 Å². The second-order valence-corrected chi connectivity index (χ2v) is 6.79. The van der Waals surface area contributed by atoms with Gasteiger partial charge < -0.3 is 14.8 Å². The standard InChI is InChI=1S/C23H20F2N4O3/c1-3-32-22(30)20-21-15(14-7-5-4-6-8-14)11-26-23(29(21)13-28-20)27-12-16-17(24)9-10-18(31-2)19(16)25/h4-11,13H,3,12H2,1-2H3,(H,26,27). The molecule has 7 nitrogen and oxygen atoms in total. The molecule has 32 heavy (non-hydrogen) atoms. The Morgan fingerprint density at radius 2 is 1.91 bits per heavy atom. The molecule has 1 N–H and O–H groups in total. The molecule has 0 aliphatic heterocycles. The highest BCUT2D eigenvalue weighted by Crippen LogP contribution is 2.29. The summed E-state index contributed by atoms with van der Waals surface area (Å²) < 4.78 is 40.4. The summed E-state index contributed by atoms with van der Waals surface area (Å²) in [5.74, 6) is -1.90. The number of carbonyl (C=O) groups is 1. The van der Waals surface area contributed by atoms with Gasteiger partial charge >= 0.3 is 5.97 Å². The summed E-state index contributed by atoms with van der Waals surface area (Å²) >= 11 is 0. The molecule has 0 spiro atoms. The Hall–Kier alpha value is -4.01. The quantitative estimate of drug-likeness (QED) is 0.429. The molecule has 0 saturated heterocycles. The number of hydrogen-bond acceptors (Lipinski definition) is 6. The lowest BCUT2D eigenvalue weighted by Gasteiger charge is -2.13. The lowest BCUT2D eigenvalue weighted by Crippen LogP contribution is -2.11. The average molecular weight is 438 g/mol. The average Bonchev–Trinajstić information content (AvgIpc) is 3.25. The van der Waals surface area contributed by atoms with E-state index in [4.69, 9.17) is 9.47 Å². The molecule has 0 atom stereocenters. The molecule has 0 aliphatic rings. The van der Waals surface area contributed by atoms with Crippen molar-refractivity contribution < 1.29 is 23.0 Å². The molecule has 4 aromatic rings. The van der Waals surface area contributed by atoms with Crippen LogP contribution >= 0.6 is 0 Å². The van der Waals surface area contributed by atoms with Gasteiger partial charge in [-0.1, -0.05) is 30.3 Å². The fourth-order valence-corrected chi connectivity index (χ4v) is 3.39. The van der Waals surface area contributed by atoms with Crippen molar-refractivity contribution in [2.24, 2.45) is 0 Å². The van der Waals surface area contributed by atoms with Crippen LogP contribution in [0.3, 0.4) is 0 Å². The zero-order chi connectivity index (χ0) is 22.7. The van der Waals surface area contributed by atoms with Gasteiger partial charge in [-0.3, -0.25) is 4.40 Å². The van der Waals surface area contributed by atoms with Crippen LogP contribution in [0.1, 0.15) is 23.0 Å². The van der Waals surface area contributed by atoms with Crippen molar-refractivity contribution in [3.8, 4) is 16.9 Å². The maximum absolute atomic E-state index is 14.5. The summed E-state index contributed by atoms with van der Waals surface area (Å²) in [5.41, 5.74) is 1.88. The predicted octanol–water partition coefficient (Wildman–Crippen LogP) is 4.47. The Balaban J connectivity index is 1.78. The number of anilines is 1. The highest BCUT2D eigenvalue weighted by Gasteiger charge is 2.21.